The molecule has 33 heavy (non-hydrogen) atoms. The molecule has 8 heteroatoms. The van der Waals surface area contributed by atoms with Crippen LogP contribution in [0.2, 0.25) is 0 Å². The van der Waals surface area contributed by atoms with E-state index in [-0.39, 0.29) is 0 Å². The number of nitrogens with zero attached hydrogens (tertiary/aromatic N) is 1. The number of carbonyl (C=O) groups is 3. The number of hydrogen-bond donors (Lipinski definition) is 2. The predicted octanol–water partition coefficient (Wildman–Crippen LogP) is 4.02. The number of thioether (sulfide) groups is 1. The Bertz CT molecular complexity index is 864. The van der Waals surface area contributed by atoms with Crippen LogP contribution in [0.3, 0.4) is 0 Å². The third-order valence-corrected chi connectivity index (χ3v) is 5.02. The van der Waals surface area contributed by atoms with Crippen molar-refractivity contribution in [2.75, 3.05) is 12.0 Å². The van der Waals surface area contributed by atoms with Gasteiger partial charge in [0.2, 0.25) is 5.91 Å². The molecule has 1 aromatic rings. The zero-order valence-electron chi connectivity index (χ0n) is 20.9. The summed E-state index contributed by atoms with van der Waals surface area (Å²) >= 11 is 1.53. The van der Waals surface area contributed by atoms with Gasteiger partial charge in [0, 0.05) is 11.6 Å². The number of rotatable bonds is 8. The Hall–Kier alpha value is -2.66. The summed E-state index contributed by atoms with van der Waals surface area (Å²) in [5.74, 6) is -0.348. The summed E-state index contributed by atoms with van der Waals surface area (Å²) in [7, 11) is 0. The maximum Gasteiger partial charge on any atom is 0.408 e. The number of ether oxygens (including phenoxy) is 1. The van der Waals surface area contributed by atoms with Gasteiger partial charge in [-0.1, -0.05) is 36.3 Å². The van der Waals surface area contributed by atoms with E-state index in [9.17, 15) is 14.4 Å². The Kier molecular flexibility index (Phi) is 10.3. The van der Waals surface area contributed by atoms with Gasteiger partial charge >= 0.3 is 6.09 Å². The lowest BCUT2D eigenvalue weighted by Crippen LogP contribution is -2.53. The fraction of sp³-hybridized carbons (Fsp3) is 0.560. The smallest absolute Gasteiger partial charge is 0.408 e. The van der Waals surface area contributed by atoms with E-state index in [0.29, 0.717) is 17.7 Å². The van der Waals surface area contributed by atoms with Crippen LogP contribution in [0.4, 0.5) is 4.79 Å². The summed E-state index contributed by atoms with van der Waals surface area (Å²) < 4.78 is 5.32. The van der Waals surface area contributed by atoms with Gasteiger partial charge in [-0.3, -0.25) is 14.5 Å². The highest BCUT2D eigenvalue weighted by atomic mass is 32.2. The lowest BCUT2D eigenvalue weighted by atomic mass is 10.00. The van der Waals surface area contributed by atoms with Crippen molar-refractivity contribution < 1.29 is 19.1 Å². The normalized spacial score (nSPS) is 13.3. The molecule has 0 saturated heterocycles. The van der Waals surface area contributed by atoms with Crippen LogP contribution in [0.25, 0.3) is 0 Å². The second kappa shape index (κ2) is 12.0. The van der Waals surface area contributed by atoms with E-state index in [1.807, 2.05) is 46.1 Å². The zero-order chi connectivity index (χ0) is 25.4. The first-order valence-electron chi connectivity index (χ1n) is 10.8. The summed E-state index contributed by atoms with van der Waals surface area (Å²) in [5.41, 5.74) is 0.336. The minimum Gasteiger partial charge on any atom is -0.444 e. The minimum atomic E-state index is -1.06. The SMILES string of the molecule is C#CN(C(=O)C(CCSC)NC(=O)OC(C)(C)C)C(C(=O)NC(C)(C)C)c1ccc(C)cc1. The van der Waals surface area contributed by atoms with E-state index in [2.05, 4.69) is 16.7 Å². The molecular formula is C25H37N3O4S. The molecule has 2 atom stereocenters. The van der Waals surface area contributed by atoms with Crippen molar-refractivity contribution in [3.8, 4) is 12.5 Å². The van der Waals surface area contributed by atoms with Crippen LogP contribution in [0.15, 0.2) is 24.3 Å². The first-order chi connectivity index (χ1) is 15.2. The average molecular weight is 476 g/mol. The largest absolute Gasteiger partial charge is 0.444 e. The molecule has 182 valence electrons. The molecule has 0 saturated carbocycles. The van der Waals surface area contributed by atoms with Crippen LogP contribution >= 0.6 is 11.8 Å². The topological polar surface area (TPSA) is 87.7 Å². The van der Waals surface area contributed by atoms with Crippen molar-refractivity contribution in [3.63, 3.8) is 0 Å². The van der Waals surface area contributed by atoms with Crippen molar-refractivity contribution in [3.05, 3.63) is 35.4 Å². The van der Waals surface area contributed by atoms with Crippen LogP contribution in [-0.2, 0) is 14.3 Å². The number of aryl methyl sites for hydroxylation is 1. The van der Waals surface area contributed by atoms with E-state index in [1.54, 1.807) is 32.9 Å². The number of carbonyl (C=O) groups excluding carboxylic acids is 3. The molecule has 1 aromatic carbocycles. The molecule has 0 fully saturated rings. The molecule has 1 rings (SSSR count). The van der Waals surface area contributed by atoms with Gasteiger partial charge in [0.1, 0.15) is 17.7 Å². The van der Waals surface area contributed by atoms with Crippen LogP contribution in [0, 0.1) is 19.4 Å². The van der Waals surface area contributed by atoms with E-state index < -0.39 is 41.1 Å². The van der Waals surface area contributed by atoms with E-state index in [4.69, 9.17) is 11.2 Å². The maximum atomic E-state index is 13.6. The number of terminal acetylenes is 1. The van der Waals surface area contributed by atoms with Gasteiger partial charge in [-0.15, -0.1) is 0 Å². The van der Waals surface area contributed by atoms with Crippen molar-refractivity contribution >= 4 is 29.7 Å². The molecule has 0 aliphatic carbocycles. The fourth-order valence-electron chi connectivity index (χ4n) is 2.98. The van der Waals surface area contributed by atoms with E-state index in [0.717, 1.165) is 10.5 Å². The summed E-state index contributed by atoms with van der Waals surface area (Å²) in [4.78, 5) is 40.3. The number of alkyl carbamates (subject to hydrolysis) is 1. The molecule has 2 N–H and O–H groups in total. The lowest BCUT2D eigenvalue weighted by molar-refractivity contribution is -0.139. The summed E-state index contributed by atoms with van der Waals surface area (Å²) in [5, 5.41) is 5.54. The number of amides is 3. The van der Waals surface area contributed by atoms with Gasteiger partial charge in [-0.05, 0) is 72.5 Å². The van der Waals surface area contributed by atoms with Gasteiger partial charge in [0.05, 0.1) is 0 Å². The highest BCUT2D eigenvalue weighted by Crippen LogP contribution is 2.24. The van der Waals surface area contributed by atoms with E-state index >= 15 is 0 Å². The summed E-state index contributed by atoms with van der Waals surface area (Å²) in [6.45, 7) is 12.7. The second-order valence-electron chi connectivity index (χ2n) is 9.87. The number of hydrogen-bond acceptors (Lipinski definition) is 5. The maximum absolute atomic E-state index is 13.6. The molecular weight excluding hydrogens is 438 g/mol. The molecule has 3 amide bonds. The van der Waals surface area contributed by atoms with Crippen LogP contribution < -0.4 is 10.6 Å². The molecule has 0 heterocycles. The van der Waals surface area contributed by atoms with Crippen molar-refractivity contribution in [1.82, 2.24) is 15.5 Å². The number of benzene rings is 1. The van der Waals surface area contributed by atoms with Crippen molar-refractivity contribution in [2.24, 2.45) is 0 Å². The summed E-state index contributed by atoms with van der Waals surface area (Å²) in [6.07, 6.45) is 7.29. The van der Waals surface area contributed by atoms with E-state index in [1.165, 1.54) is 11.8 Å². The zero-order valence-corrected chi connectivity index (χ0v) is 21.8. The standard InChI is InChI=1S/C25H37N3O4S/c1-10-28(22(30)19(15-16-33-9)26-23(31)32-25(6,7)8)20(21(29)27-24(3,4)5)18-13-11-17(2)12-14-18/h1,11-14,19-20H,15-16H2,2-9H3,(H,26,31)(H,27,29). The van der Waals surface area contributed by atoms with Crippen molar-refractivity contribution in [2.45, 2.75) is 78.1 Å². The molecule has 0 aromatic heterocycles. The lowest BCUT2D eigenvalue weighted by Gasteiger charge is -2.32. The second-order valence-corrected chi connectivity index (χ2v) is 10.9. The summed E-state index contributed by atoms with van der Waals surface area (Å²) in [6, 6.07) is 7.65. The molecule has 7 nitrogen and oxygen atoms in total. The van der Waals surface area contributed by atoms with Gasteiger partial charge in [-0.25, -0.2) is 4.79 Å². The monoisotopic (exact) mass is 475 g/mol. The third kappa shape index (κ3) is 9.79. The molecule has 0 spiro atoms. The average Bonchev–Trinajstić information content (AvgIpc) is 2.66. The van der Waals surface area contributed by atoms with Gasteiger partial charge in [0.25, 0.3) is 5.91 Å². The van der Waals surface area contributed by atoms with Crippen molar-refractivity contribution in [1.29, 1.82) is 0 Å². The number of nitrogens with one attached hydrogen (secondary N) is 2. The molecule has 0 aliphatic heterocycles. The Morgan fingerprint density at radius 1 is 1.12 bits per heavy atom. The van der Waals surface area contributed by atoms with Crippen LogP contribution in [0.5, 0.6) is 0 Å². The fourth-order valence-corrected chi connectivity index (χ4v) is 3.45. The molecule has 0 aliphatic rings. The van der Waals surface area contributed by atoms with Gasteiger partial charge < -0.3 is 15.4 Å². The van der Waals surface area contributed by atoms with Gasteiger partial charge in [0.15, 0.2) is 0 Å². The highest BCUT2D eigenvalue weighted by Gasteiger charge is 2.36. The minimum absolute atomic E-state index is 0.332. The Labute approximate surface area is 202 Å². The Morgan fingerprint density at radius 2 is 1.70 bits per heavy atom. The van der Waals surface area contributed by atoms with Crippen LogP contribution in [-0.4, -0.2) is 52.0 Å². The predicted molar refractivity (Wildman–Crippen MR) is 134 cm³/mol. The first-order valence-corrected chi connectivity index (χ1v) is 12.2. The molecule has 2 unspecified atom stereocenters. The highest BCUT2D eigenvalue weighted by molar-refractivity contribution is 7.98. The molecule has 0 radical (unpaired) electrons. The third-order valence-electron chi connectivity index (χ3n) is 4.37. The first kappa shape index (κ1) is 28.4. The Morgan fingerprint density at radius 3 is 2.15 bits per heavy atom. The molecule has 0 bridgehead atoms. The Balaban J connectivity index is 3.35. The van der Waals surface area contributed by atoms with Gasteiger partial charge in [-0.2, -0.15) is 11.8 Å². The quantitative estimate of drug-likeness (QED) is 0.438. The van der Waals surface area contributed by atoms with Crippen LogP contribution in [0.1, 0.15) is 65.1 Å².